The molecule has 0 aliphatic heterocycles. The van der Waals surface area contributed by atoms with Gasteiger partial charge in [0.2, 0.25) is 0 Å². The Balaban J connectivity index is 1.73. The molecule has 1 heterocycles. The minimum Gasteiger partial charge on any atom is -0.496 e. The highest BCUT2D eigenvalue weighted by atomic mass is 32.2. The maximum Gasteiger partial charge on any atom is 0.433 e. The summed E-state index contributed by atoms with van der Waals surface area (Å²) in [4.78, 5) is 3.65. The maximum absolute atomic E-state index is 13.7. The second kappa shape index (κ2) is 12.0. The summed E-state index contributed by atoms with van der Waals surface area (Å²) in [6.07, 6.45) is -3.23. The van der Waals surface area contributed by atoms with E-state index in [2.05, 4.69) is 20.8 Å². The lowest BCUT2D eigenvalue weighted by atomic mass is 10.1. The molecule has 2 N–H and O–H groups in total. The molecule has 37 heavy (non-hydrogen) atoms. The van der Waals surface area contributed by atoms with Crippen LogP contribution in [0.4, 0.5) is 27.6 Å². The summed E-state index contributed by atoms with van der Waals surface area (Å²) in [6.45, 7) is 1.42. The average molecular weight is 552 g/mol. The van der Waals surface area contributed by atoms with Gasteiger partial charge in [0.1, 0.15) is 34.2 Å². The van der Waals surface area contributed by atoms with Crippen LogP contribution in [0.25, 0.3) is 0 Å². The number of nitrogens with one attached hydrogen (secondary N) is 2. The lowest BCUT2D eigenvalue weighted by Gasteiger charge is -2.13. The molecule has 0 spiro atoms. The third kappa shape index (κ3) is 7.37. The molecule has 0 atom stereocenters. The zero-order chi connectivity index (χ0) is 27.2. The van der Waals surface area contributed by atoms with Gasteiger partial charge < -0.3 is 10.1 Å². The third-order valence-corrected chi connectivity index (χ3v) is 6.03. The van der Waals surface area contributed by atoms with Gasteiger partial charge in [0.25, 0.3) is 0 Å². The molecular weight excluding hydrogens is 533 g/mol. The van der Waals surface area contributed by atoms with Gasteiger partial charge in [0.05, 0.1) is 24.6 Å². The molecule has 0 fully saturated rings. The number of alkyl halides is 3. The molecule has 0 unspecified atom stereocenters. The number of hydrogen-bond donors (Lipinski definition) is 2. The first-order chi connectivity index (χ1) is 17.5. The number of hydrogen-bond acceptors (Lipinski definition) is 6. The van der Waals surface area contributed by atoms with Gasteiger partial charge in [-0.25, -0.2) is 13.8 Å². The summed E-state index contributed by atoms with van der Waals surface area (Å²) in [6, 6.07) is 10.8. The fourth-order valence-corrected chi connectivity index (χ4v) is 4.27. The van der Waals surface area contributed by atoms with Crippen LogP contribution in [0.5, 0.6) is 5.75 Å². The van der Waals surface area contributed by atoms with Crippen molar-refractivity contribution < 1.29 is 26.7 Å². The van der Waals surface area contributed by atoms with Crippen molar-refractivity contribution in [1.82, 2.24) is 10.4 Å². The highest BCUT2D eigenvalue weighted by molar-refractivity contribution is 7.98. The smallest absolute Gasteiger partial charge is 0.433 e. The molecular formula is C24H18F5N5OS2. The third-order valence-electron chi connectivity index (χ3n) is 4.81. The van der Waals surface area contributed by atoms with Gasteiger partial charge in [-0.1, -0.05) is 0 Å². The summed E-state index contributed by atoms with van der Waals surface area (Å²) in [7, 11) is 1.45. The van der Waals surface area contributed by atoms with E-state index >= 15 is 0 Å². The van der Waals surface area contributed by atoms with Crippen molar-refractivity contribution in [3.63, 3.8) is 0 Å². The number of thiocarbonyl (C=S) groups is 1. The van der Waals surface area contributed by atoms with Crippen LogP contribution in [0.3, 0.4) is 0 Å². The lowest BCUT2D eigenvalue weighted by molar-refractivity contribution is -0.141. The molecule has 0 bridgehead atoms. The van der Waals surface area contributed by atoms with Gasteiger partial charge in [0, 0.05) is 17.4 Å². The van der Waals surface area contributed by atoms with Crippen molar-refractivity contribution in [2.45, 2.75) is 23.9 Å². The van der Waals surface area contributed by atoms with Crippen molar-refractivity contribution in [3.05, 3.63) is 82.0 Å². The quantitative estimate of drug-likeness (QED) is 0.119. The zero-order valence-electron chi connectivity index (χ0n) is 19.3. The van der Waals surface area contributed by atoms with E-state index in [0.29, 0.717) is 22.9 Å². The van der Waals surface area contributed by atoms with Crippen LogP contribution in [-0.4, -0.2) is 23.4 Å². The number of nitriles is 1. The molecule has 0 aliphatic rings. The number of thioether (sulfide) groups is 1. The average Bonchev–Trinajstić information content (AvgIpc) is 2.83. The highest BCUT2D eigenvalue weighted by Crippen LogP contribution is 2.35. The molecule has 2 aromatic carbocycles. The number of aryl methyl sites for hydroxylation is 1. The molecule has 1 aromatic heterocycles. The summed E-state index contributed by atoms with van der Waals surface area (Å²) in [5.74, 6) is -0.916. The first-order valence-corrected chi connectivity index (χ1v) is 11.7. The van der Waals surface area contributed by atoms with Gasteiger partial charge in [0.15, 0.2) is 5.11 Å². The van der Waals surface area contributed by atoms with Crippen molar-refractivity contribution in [2.24, 2.45) is 5.10 Å². The molecule has 0 saturated carbocycles. The first-order valence-electron chi connectivity index (χ1n) is 10.4. The van der Waals surface area contributed by atoms with Gasteiger partial charge >= 0.3 is 6.18 Å². The maximum atomic E-state index is 13.7. The Kier molecular flexibility index (Phi) is 9.01. The van der Waals surface area contributed by atoms with Gasteiger partial charge in [-0.15, -0.1) is 11.8 Å². The van der Waals surface area contributed by atoms with Crippen molar-refractivity contribution in [2.75, 3.05) is 12.4 Å². The number of halogens is 5. The van der Waals surface area contributed by atoms with E-state index in [-0.39, 0.29) is 32.7 Å². The van der Waals surface area contributed by atoms with Crippen LogP contribution in [0.2, 0.25) is 0 Å². The topological polar surface area (TPSA) is 82.3 Å². The minimum atomic E-state index is -4.65. The fourth-order valence-electron chi connectivity index (χ4n) is 3.07. The Morgan fingerprint density at radius 2 is 1.97 bits per heavy atom. The number of nitrogens with zero attached hydrogens (tertiary/aromatic N) is 3. The number of aromatic nitrogens is 1. The number of pyridine rings is 1. The molecule has 0 radical (unpaired) electrons. The van der Waals surface area contributed by atoms with Crippen LogP contribution in [-0.2, 0) is 11.9 Å². The minimum absolute atomic E-state index is 0.0342. The van der Waals surface area contributed by atoms with Crippen LogP contribution >= 0.6 is 24.0 Å². The van der Waals surface area contributed by atoms with Crippen molar-refractivity contribution in [1.29, 1.82) is 5.26 Å². The van der Waals surface area contributed by atoms with Crippen molar-refractivity contribution in [3.8, 4) is 11.8 Å². The molecule has 3 rings (SSSR count). The second-order valence-electron chi connectivity index (χ2n) is 7.42. The molecule has 0 saturated heterocycles. The van der Waals surface area contributed by atoms with Gasteiger partial charge in [-0.2, -0.15) is 23.5 Å². The van der Waals surface area contributed by atoms with Crippen LogP contribution in [0, 0.1) is 29.9 Å². The Morgan fingerprint density at radius 3 is 2.62 bits per heavy atom. The largest absolute Gasteiger partial charge is 0.496 e. The summed E-state index contributed by atoms with van der Waals surface area (Å²) < 4.78 is 71.7. The molecule has 192 valence electrons. The highest BCUT2D eigenvalue weighted by Gasteiger charge is 2.34. The number of methoxy groups -OCH3 is 1. The lowest BCUT2D eigenvalue weighted by Crippen LogP contribution is -2.24. The van der Waals surface area contributed by atoms with Gasteiger partial charge in [-0.3, -0.25) is 5.43 Å². The van der Waals surface area contributed by atoms with E-state index in [1.54, 1.807) is 18.2 Å². The van der Waals surface area contributed by atoms with E-state index in [1.165, 1.54) is 26.3 Å². The number of hydrazone groups is 1. The predicted octanol–water partition coefficient (Wildman–Crippen LogP) is 6.18. The molecule has 3 aromatic rings. The Hall–Kier alpha value is -3.76. The number of ether oxygens (including phenoxy) is 1. The normalized spacial score (nSPS) is 11.3. The number of anilines is 1. The number of benzene rings is 2. The summed E-state index contributed by atoms with van der Waals surface area (Å²) in [5, 5.41) is 15.9. The molecule has 0 aliphatic carbocycles. The van der Waals surface area contributed by atoms with E-state index in [0.717, 1.165) is 23.9 Å². The van der Waals surface area contributed by atoms with E-state index < -0.39 is 23.5 Å². The zero-order valence-corrected chi connectivity index (χ0v) is 20.9. The van der Waals surface area contributed by atoms with Crippen LogP contribution < -0.4 is 15.5 Å². The van der Waals surface area contributed by atoms with E-state index in [4.69, 9.17) is 17.0 Å². The summed E-state index contributed by atoms with van der Waals surface area (Å²) >= 11 is 6.02. The fraction of sp³-hybridized carbons (Fsp3) is 0.167. The Labute approximate surface area is 218 Å². The molecule has 0 amide bonds. The second-order valence-corrected chi connectivity index (χ2v) is 8.79. The Bertz CT molecular complexity index is 1390. The first kappa shape index (κ1) is 27.8. The van der Waals surface area contributed by atoms with Crippen LogP contribution in [0.1, 0.15) is 27.9 Å². The predicted molar refractivity (Wildman–Crippen MR) is 135 cm³/mol. The van der Waals surface area contributed by atoms with E-state index in [1.807, 2.05) is 6.07 Å². The monoisotopic (exact) mass is 551 g/mol. The molecule has 13 heteroatoms. The van der Waals surface area contributed by atoms with Crippen molar-refractivity contribution >= 4 is 41.0 Å². The summed E-state index contributed by atoms with van der Waals surface area (Å²) in [5.41, 5.74) is 2.85. The van der Waals surface area contributed by atoms with E-state index in [9.17, 15) is 27.2 Å². The SMILES string of the molecule is COc1ccc(/C=N\NC(=S)Nc2ccc(F)cc2F)cc1CSc1nc(C(F)(F)F)cc(C)c1C#N. The van der Waals surface area contributed by atoms with Gasteiger partial charge in [-0.05, 0) is 66.7 Å². The molecule has 6 nitrogen and oxygen atoms in total. The number of rotatable bonds is 7. The Morgan fingerprint density at radius 1 is 1.22 bits per heavy atom. The standard InChI is InChI=1S/C24H18F5N5OS2/c1-13-7-21(24(27,28)29)33-22(17(13)10-30)37-12-15-8-14(3-6-20(15)35-2)11-31-34-23(36)32-19-5-4-16(25)9-18(19)26/h3-9,11H,12H2,1-2H3,(H2,32,34,36)/b31-11-. The van der Waals surface area contributed by atoms with Crippen LogP contribution in [0.15, 0.2) is 52.6 Å².